The van der Waals surface area contributed by atoms with Crippen molar-refractivity contribution in [2.75, 3.05) is 5.32 Å². The molecule has 0 saturated carbocycles. The molecule has 2 aromatic carbocycles. The predicted molar refractivity (Wildman–Crippen MR) is 86.0 cm³/mol. The minimum Gasteiger partial charge on any atom is -0.478 e. The molecule has 1 atom stereocenters. The molecule has 3 nitrogen and oxygen atoms in total. The fraction of sp³-hybridized carbons (Fsp3) is 0.278. The Morgan fingerprint density at radius 2 is 1.90 bits per heavy atom. The first-order valence-corrected chi connectivity index (χ1v) is 7.24. The Morgan fingerprint density at radius 3 is 2.52 bits per heavy atom. The summed E-state index contributed by atoms with van der Waals surface area (Å²) in [6.45, 7) is 4.13. The Morgan fingerprint density at radius 1 is 1.19 bits per heavy atom. The van der Waals surface area contributed by atoms with Crippen LogP contribution in [0.2, 0.25) is 0 Å². The van der Waals surface area contributed by atoms with Crippen molar-refractivity contribution < 1.29 is 9.90 Å². The van der Waals surface area contributed by atoms with Gasteiger partial charge in [0.1, 0.15) is 0 Å². The van der Waals surface area contributed by atoms with E-state index in [4.69, 9.17) is 5.11 Å². The summed E-state index contributed by atoms with van der Waals surface area (Å²) >= 11 is 0. The zero-order chi connectivity index (χ0) is 15.2. The Hall–Kier alpha value is -2.29. The van der Waals surface area contributed by atoms with Crippen LogP contribution in [0.5, 0.6) is 0 Å². The van der Waals surface area contributed by atoms with Crippen molar-refractivity contribution in [3.63, 3.8) is 0 Å². The monoisotopic (exact) mass is 283 g/mol. The van der Waals surface area contributed by atoms with E-state index in [-0.39, 0.29) is 6.04 Å². The van der Waals surface area contributed by atoms with E-state index in [9.17, 15) is 4.79 Å². The molecule has 0 aliphatic carbocycles. The fourth-order valence-electron chi connectivity index (χ4n) is 2.33. The number of carboxylic acids is 1. The molecule has 21 heavy (non-hydrogen) atoms. The molecular weight excluding hydrogens is 262 g/mol. The van der Waals surface area contributed by atoms with Crippen molar-refractivity contribution >= 4 is 11.7 Å². The molecule has 0 aliphatic heterocycles. The van der Waals surface area contributed by atoms with Gasteiger partial charge in [-0.25, -0.2) is 4.79 Å². The average molecular weight is 283 g/mol. The van der Waals surface area contributed by atoms with Crippen LogP contribution in [0, 0.1) is 6.92 Å². The van der Waals surface area contributed by atoms with Crippen LogP contribution in [0.4, 0.5) is 5.69 Å². The Balaban J connectivity index is 2.14. The summed E-state index contributed by atoms with van der Waals surface area (Å²) in [6.07, 6.45) is 1.90. The van der Waals surface area contributed by atoms with E-state index >= 15 is 0 Å². The minimum atomic E-state index is -0.894. The minimum absolute atomic E-state index is 0.287. The topological polar surface area (TPSA) is 49.3 Å². The normalized spacial score (nSPS) is 11.9. The Labute approximate surface area is 125 Å². The summed E-state index contributed by atoms with van der Waals surface area (Å²) in [5.74, 6) is -0.894. The number of anilines is 1. The van der Waals surface area contributed by atoms with Gasteiger partial charge in [-0.15, -0.1) is 0 Å². The summed E-state index contributed by atoms with van der Waals surface area (Å²) in [4.78, 5) is 11.1. The summed E-state index contributed by atoms with van der Waals surface area (Å²) in [6, 6.07) is 15.8. The third-order valence-corrected chi connectivity index (χ3v) is 3.66. The molecule has 0 radical (unpaired) electrons. The van der Waals surface area contributed by atoms with Crippen molar-refractivity contribution in [2.45, 2.75) is 32.7 Å². The lowest BCUT2D eigenvalue weighted by molar-refractivity contribution is 0.0697. The number of hydrogen-bond donors (Lipinski definition) is 2. The van der Waals surface area contributed by atoms with Gasteiger partial charge in [-0.2, -0.15) is 0 Å². The summed E-state index contributed by atoms with van der Waals surface area (Å²) in [5.41, 5.74) is 3.56. The second-order valence-corrected chi connectivity index (χ2v) is 5.27. The number of aromatic carboxylic acids is 1. The lowest BCUT2D eigenvalue weighted by Crippen LogP contribution is -2.22. The molecular formula is C18H21NO2. The van der Waals surface area contributed by atoms with E-state index in [0.717, 1.165) is 24.1 Å². The SMILES string of the molecule is CCC(Cc1ccccc1)Nc1cc(C(=O)O)ccc1C. The molecule has 110 valence electrons. The Bertz CT molecular complexity index is 608. The van der Waals surface area contributed by atoms with Gasteiger partial charge in [0, 0.05) is 11.7 Å². The maximum Gasteiger partial charge on any atom is 0.335 e. The van der Waals surface area contributed by atoms with Crippen LogP contribution in [-0.4, -0.2) is 17.1 Å². The van der Waals surface area contributed by atoms with Gasteiger partial charge in [0.25, 0.3) is 0 Å². The van der Waals surface area contributed by atoms with Crippen LogP contribution < -0.4 is 5.32 Å². The van der Waals surface area contributed by atoms with Crippen LogP contribution >= 0.6 is 0 Å². The maximum atomic E-state index is 11.1. The largest absolute Gasteiger partial charge is 0.478 e. The molecule has 2 N–H and O–H groups in total. The van der Waals surface area contributed by atoms with E-state index < -0.39 is 5.97 Å². The van der Waals surface area contributed by atoms with Crippen LogP contribution in [0.1, 0.15) is 34.8 Å². The molecule has 3 heteroatoms. The highest BCUT2D eigenvalue weighted by molar-refractivity contribution is 5.89. The highest BCUT2D eigenvalue weighted by atomic mass is 16.4. The number of hydrogen-bond acceptors (Lipinski definition) is 2. The number of aryl methyl sites for hydroxylation is 1. The fourth-order valence-corrected chi connectivity index (χ4v) is 2.33. The van der Waals surface area contributed by atoms with Gasteiger partial charge in [0.15, 0.2) is 0 Å². The van der Waals surface area contributed by atoms with Gasteiger partial charge in [-0.1, -0.05) is 43.3 Å². The second kappa shape index (κ2) is 6.93. The van der Waals surface area contributed by atoms with E-state index in [1.54, 1.807) is 12.1 Å². The molecule has 0 aromatic heterocycles. The van der Waals surface area contributed by atoms with Gasteiger partial charge < -0.3 is 10.4 Å². The van der Waals surface area contributed by atoms with E-state index in [1.807, 2.05) is 31.2 Å². The van der Waals surface area contributed by atoms with Gasteiger partial charge in [-0.05, 0) is 43.0 Å². The lowest BCUT2D eigenvalue weighted by atomic mass is 10.0. The van der Waals surface area contributed by atoms with Crippen molar-refractivity contribution in [3.05, 3.63) is 65.2 Å². The molecule has 2 aromatic rings. The van der Waals surface area contributed by atoms with Gasteiger partial charge in [0.2, 0.25) is 0 Å². The first-order valence-electron chi connectivity index (χ1n) is 7.24. The van der Waals surface area contributed by atoms with E-state index in [2.05, 4.69) is 24.4 Å². The van der Waals surface area contributed by atoms with Crippen molar-refractivity contribution in [2.24, 2.45) is 0 Å². The number of nitrogens with one attached hydrogen (secondary N) is 1. The standard InChI is InChI=1S/C18H21NO2/c1-3-16(11-14-7-5-4-6-8-14)19-17-12-15(18(20)21)10-9-13(17)2/h4-10,12,16,19H,3,11H2,1-2H3,(H,20,21). The van der Waals surface area contributed by atoms with Crippen LogP contribution in [0.15, 0.2) is 48.5 Å². The number of carbonyl (C=O) groups is 1. The number of benzene rings is 2. The second-order valence-electron chi connectivity index (χ2n) is 5.27. The summed E-state index contributed by atoms with van der Waals surface area (Å²) in [5, 5.41) is 12.6. The third kappa shape index (κ3) is 4.09. The lowest BCUT2D eigenvalue weighted by Gasteiger charge is -2.20. The molecule has 0 aliphatic rings. The number of rotatable bonds is 6. The van der Waals surface area contributed by atoms with Crippen molar-refractivity contribution in [1.29, 1.82) is 0 Å². The van der Waals surface area contributed by atoms with Gasteiger partial charge in [0.05, 0.1) is 5.56 Å². The van der Waals surface area contributed by atoms with Crippen LogP contribution in [-0.2, 0) is 6.42 Å². The zero-order valence-electron chi connectivity index (χ0n) is 12.5. The molecule has 0 spiro atoms. The predicted octanol–water partition coefficient (Wildman–Crippen LogP) is 4.13. The van der Waals surface area contributed by atoms with E-state index in [0.29, 0.717) is 5.56 Å². The first-order chi connectivity index (χ1) is 10.1. The number of carboxylic acid groups (broad SMARTS) is 1. The third-order valence-electron chi connectivity index (χ3n) is 3.66. The van der Waals surface area contributed by atoms with Crippen LogP contribution in [0.3, 0.4) is 0 Å². The van der Waals surface area contributed by atoms with Gasteiger partial charge in [-0.3, -0.25) is 0 Å². The Kier molecular flexibility index (Phi) is 4.99. The average Bonchev–Trinajstić information content (AvgIpc) is 2.49. The molecule has 0 bridgehead atoms. The smallest absolute Gasteiger partial charge is 0.335 e. The maximum absolute atomic E-state index is 11.1. The highest BCUT2D eigenvalue weighted by Gasteiger charge is 2.11. The molecule has 0 fully saturated rings. The van der Waals surface area contributed by atoms with Gasteiger partial charge >= 0.3 is 5.97 Å². The zero-order valence-corrected chi connectivity index (χ0v) is 12.5. The first kappa shape index (κ1) is 15.1. The molecule has 2 rings (SSSR count). The highest BCUT2D eigenvalue weighted by Crippen LogP contribution is 2.20. The molecule has 1 unspecified atom stereocenters. The summed E-state index contributed by atoms with van der Waals surface area (Å²) in [7, 11) is 0. The quantitative estimate of drug-likeness (QED) is 0.838. The molecule has 0 saturated heterocycles. The van der Waals surface area contributed by atoms with Crippen molar-refractivity contribution in [3.8, 4) is 0 Å². The molecule has 0 heterocycles. The van der Waals surface area contributed by atoms with Crippen molar-refractivity contribution in [1.82, 2.24) is 0 Å². The van der Waals surface area contributed by atoms with Crippen LogP contribution in [0.25, 0.3) is 0 Å². The molecule has 0 amide bonds. The van der Waals surface area contributed by atoms with E-state index in [1.165, 1.54) is 5.56 Å². The summed E-state index contributed by atoms with van der Waals surface area (Å²) < 4.78 is 0.